The molecule has 0 saturated heterocycles. The van der Waals surface area contributed by atoms with Gasteiger partial charge in [-0.1, -0.05) is 61.7 Å². The van der Waals surface area contributed by atoms with E-state index < -0.39 is 11.0 Å². The van der Waals surface area contributed by atoms with Crippen LogP contribution in [0.2, 0.25) is 0 Å². The highest BCUT2D eigenvalue weighted by atomic mass is 35.5. The Morgan fingerprint density at radius 3 is 2.17 bits per heavy atom. The van der Waals surface area contributed by atoms with Crippen LogP contribution in [0.4, 0.5) is 0 Å². The number of ether oxygens (including phenoxy) is 1. The maximum Gasteiger partial charge on any atom is 0.119 e. The molecule has 1 atom stereocenters. The summed E-state index contributed by atoms with van der Waals surface area (Å²) in [7, 11) is 1.69. The van der Waals surface area contributed by atoms with Crippen molar-refractivity contribution in [3.8, 4) is 5.75 Å². The fourth-order valence-corrected chi connectivity index (χ4v) is 4.05. The maximum atomic E-state index is 11.6. The molecule has 1 unspecified atom stereocenters. The topological polar surface area (TPSA) is 29.5 Å². The average molecular weight is 347 g/mol. The van der Waals surface area contributed by atoms with Crippen molar-refractivity contribution >= 4 is 12.4 Å². The van der Waals surface area contributed by atoms with E-state index >= 15 is 0 Å². The van der Waals surface area contributed by atoms with E-state index in [0.717, 1.165) is 42.6 Å². The van der Waals surface area contributed by atoms with Crippen LogP contribution in [-0.2, 0) is 5.41 Å². The van der Waals surface area contributed by atoms with E-state index in [1.54, 1.807) is 7.11 Å². The molecule has 1 aliphatic rings. The van der Waals surface area contributed by atoms with E-state index in [1.165, 1.54) is 6.42 Å². The van der Waals surface area contributed by atoms with Crippen LogP contribution in [0.15, 0.2) is 54.6 Å². The SMILES string of the molecule is COc1cccc(C(C)(c2ccccc2)C2(O)CCCCC2)c1.Cl. The first kappa shape index (κ1) is 18.8. The van der Waals surface area contributed by atoms with Gasteiger partial charge in [0.05, 0.1) is 12.7 Å². The summed E-state index contributed by atoms with van der Waals surface area (Å²) in [4.78, 5) is 0. The second-order valence-electron chi connectivity index (χ2n) is 6.82. The molecule has 3 rings (SSSR count). The second-order valence-corrected chi connectivity index (χ2v) is 6.82. The van der Waals surface area contributed by atoms with E-state index in [0.29, 0.717) is 0 Å². The van der Waals surface area contributed by atoms with Crippen LogP contribution < -0.4 is 4.74 Å². The van der Waals surface area contributed by atoms with Crippen molar-refractivity contribution in [2.24, 2.45) is 0 Å². The van der Waals surface area contributed by atoms with Gasteiger partial charge >= 0.3 is 0 Å². The summed E-state index contributed by atoms with van der Waals surface area (Å²) in [6.45, 7) is 2.18. The minimum Gasteiger partial charge on any atom is -0.497 e. The number of hydrogen-bond acceptors (Lipinski definition) is 2. The van der Waals surface area contributed by atoms with Crippen molar-refractivity contribution in [2.45, 2.75) is 50.0 Å². The smallest absolute Gasteiger partial charge is 0.119 e. The van der Waals surface area contributed by atoms with Crippen LogP contribution in [0.1, 0.15) is 50.2 Å². The molecule has 0 heterocycles. The first-order valence-electron chi connectivity index (χ1n) is 8.53. The lowest BCUT2D eigenvalue weighted by atomic mass is 9.59. The number of methoxy groups -OCH3 is 1. The van der Waals surface area contributed by atoms with Gasteiger partial charge in [-0.05, 0) is 43.0 Å². The van der Waals surface area contributed by atoms with Crippen molar-refractivity contribution in [3.63, 3.8) is 0 Å². The molecule has 0 radical (unpaired) electrons. The Morgan fingerprint density at radius 2 is 1.54 bits per heavy atom. The Labute approximate surface area is 151 Å². The Balaban J connectivity index is 0.00000208. The van der Waals surface area contributed by atoms with Crippen LogP contribution in [-0.4, -0.2) is 17.8 Å². The maximum absolute atomic E-state index is 11.6. The molecule has 1 fully saturated rings. The number of hydrogen-bond donors (Lipinski definition) is 1. The molecule has 3 heteroatoms. The molecule has 130 valence electrons. The standard InChI is InChI=1S/C21H26O2.ClH/c1-20(17-10-5-3-6-11-17,21(22)14-7-4-8-15-21)18-12-9-13-19(16-18)23-2;/h3,5-6,9-13,16,22H,4,7-8,14-15H2,1-2H3;1H. The summed E-state index contributed by atoms with van der Waals surface area (Å²) in [5, 5.41) is 11.6. The highest BCUT2D eigenvalue weighted by Crippen LogP contribution is 2.49. The molecular formula is C21H27ClO2. The van der Waals surface area contributed by atoms with Gasteiger partial charge in [0.1, 0.15) is 5.75 Å². The molecule has 1 aliphatic carbocycles. The molecule has 0 amide bonds. The highest BCUT2D eigenvalue weighted by Gasteiger charge is 2.49. The highest BCUT2D eigenvalue weighted by molar-refractivity contribution is 5.85. The zero-order valence-electron chi connectivity index (χ0n) is 14.5. The average Bonchev–Trinajstić information content (AvgIpc) is 2.62. The van der Waals surface area contributed by atoms with Crippen LogP contribution in [0.25, 0.3) is 0 Å². The van der Waals surface area contributed by atoms with E-state index in [4.69, 9.17) is 4.74 Å². The van der Waals surface area contributed by atoms with E-state index in [2.05, 4.69) is 43.3 Å². The molecule has 24 heavy (non-hydrogen) atoms. The third-order valence-electron chi connectivity index (χ3n) is 5.61. The van der Waals surface area contributed by atoms with E-state index in [1.807, 2.05) is 18.2 Å². The predicted octanol–water partition coefficient (Wildman–Crippen LogP) is 5.12. The lowest BCUT2D eigenvalue weighted by molar-refractivity contribution is -0.0475. The number of rotatable bonds is 4. The predicted molar refractivity (Wildman–Crippen MR) is 101 cm³/mol. The van der Waals surface area contributed by atoms with Crippen LogP contribution in [0, 0.1) is 0 Å². The molecule has 0 aliphatic heterocycles. The summed E-state index contributed by atoms with van der Waals surface area (Å²) in [5.74, 6) is 0.837. The van der Waals surface area contributed by atoms with E-state index in [-0.39, 0.29) is 12.4 Å². The fourth-order valence-electron chi connectivity index (χ4n) is 4.05. The summed E-state index contributed by atoms with van der Waals surface area (Å²) in [5.41, 5.74) is 1.12. The third-order valence-corrected chi connectivity index (χ3v) is 5.61. The van der Waals surface area contributed by atoms with Crippen LogP contribution in [0.3, 0.4) is 0 Å². The molecule has 1 N–H and O–H groups in total. The van der Waals surface area contributed by atoms with Crippen molar-refractivity contribution in [1.82, 2.24) is 0 Å². The monoisotopic (exact) mass is 346 g/mol. The lowest BCUT2D eigenvalue weighted by Gasteiger charge is -2.48. The molecular weight excluding hydrogens is 320 g/mol. The van der Waals surface area contributed by atoms with Gasteiger partial charge in [0.25, 0.3) is 0 Å². The zero-order valence-corrected chi connectivity index (χ0v) is 15.3. The van der Waals surface area contributed by atoms with Crippen molar-refractivity contribution in [3.05, 3.63) is 65.7 Å². The fraction of sp³-hybridized carbons (Fsp3) is 0.429. The lowest BCUT2D eigenvalue weighted by Crippen LogP contribution is -2.51. The molecule has 2 aromatic rings. The van der Waals surface area contributed by atoms with Crippen molar-refractivity contribution in [1.29, 1.82) is 0 Å². The summed E-state index contributed by atoms with van der Waals surface area (Å²) in [6, 6.07) is 18.6. The Kier molecular flexibility index (Phi) is 5.95. The van der Waals surface area contributed by atoms with Gasteiger partial charge in [0.15, 0.2) is 0 Å². The van der Waals surface area contributed by atoms with Crippen LogP contribution >= 0.6 is 12.4 Å². The van der Waals surface area contributed by atoms with Gasteiger partial charge in [0.2, 0.25) is 0 Å². The molecule has 2 aromatic carbocycles. The molecule has 1 saturated carbocycles. The summed E-state index contributed by atoms with van der Waals surface area (Å²) >= 11 is 0. The number of aliphatic hydroxyl groups is 1. The molecule has 0 spiro atoms. The zero-order chi connectivity index (χ0) is 16.3. The van der Waals surface area contributed by atoms with Gasteiger partial charge < -0.3 is 9.84 Å². The largest absolute Gasteiger partial charge is 0.497 e. The summed E-state index contributed by atoms with van der Waals surface area (Å²) < 4.78 is 5.42. The number of halogens is 1. The first-order chi connectivity index (χ1) is 11.1. The van der Waals surface area contributed by atoms with Crippen molar-refractivity contribution in [2.75, 3.05) is 7.11 Å². The Morgan fingerprint density at radius 1 is 0.917 bits per heavy atom. The van der Waals surface area contributed by atoms with Gasteiger partial charge in [-0.2, -0.15) is 0 Å². The van der Waals surface area contributed by atoms with Gasteiger partial charge in [-0.15, -0.1) is 12.4 Å². The molecule has 0 aromatic heterocycles. The Hall–Kier alpha value is -1.51. The normalized spacial score (nSPS) is 19.0. The summed E-state index contributed by atoms with van der Waals surface area (Å²) in [6.07, 6.45) is 5.07. The molecule has 0 bridgehead atoms. The molecule has 2 nitrogen and oxygen atoms in total. The van der Waals surface area contributed by atoms with Crippen molar-refractivity contribution < 1.29 is 9.84 Å². The Bertz CT molecular complexity index is 650. The van der Waals surface area contributed by atoms with Gasteiger partial charge in [0, 0.05) is 5.41 Å². The van der Waals surface area contributed by atoms with Crippen LogP contribution in [0.5, 0.6) is 5.75 Å². The van der Waals surface area contributed by atoms with E-state index in [9.17, 15) is 5.11 Å². The third kappa shape index (κ3) is 3.18. The number of benzene rings is 2. The first-order valence-corrected chi connectivity index (χ1v) is 8.53. The minimum absolute atomic E-state index is 0. The second kappa shape index (κ2) is 7.58. The quantitative estimate of drug-likeness (QED) is 0.832. The van der Waals surface area contributed by atoms with Gasteiger partial charge in [-0.3, -0.25) is 0 Å². The van der Waals surface area contributed by atoms with Gasteiger partial charge in [-0.25, -0.2) is 0 Å². The minimum atomic E-state index is -0.723.